The Morgan fingerprint density at radius 1 is 1.00 bits per heavy atom. The predicted molar refractivity (Wildman–Crippen MR) is 119 cm³/mol. The molecule has 7 nitrogen and oxygen atoms in total. The second-order valence-electron chi connectivity index (χ2n) is 6.79. The lowest BCUT2D eigenvalue weighted by atomic mass is 10.1. The maximum atomic E-state index is 12.9. The van der Waals surface area contributed by atoms with Crippen LogP contribution >= 0.6 is 0 Å². The number of rotatable bonds is 7. The predicted octanol–water partition coefficient (Wildman–Crippen LogP) is 3.81. The molecule has 0 aliphatic rings. The fourth-order valence-electron chi connectivity index (χ4n) is 2.75. The van der Waals surface area contributed by atoms with Crippen LogP contribution in [0.4, 0.5) is 10.1 Å². The van der Waals surface area contributed by atoms with Gasteiger partial charge in [0.15, 0.2) is 11.5 Å². The van der Waals surface area contributed by atoms with Crippen molar-refractivity contribution in [2.24, 2.45) is 5.10 Å². The number of nitrogens with zero attached hydrogens (tertiary/aromatic N) is 1. The maximum Gasteiger partial charge on any atom is 0.329 e. The molecule has 0 bridgehead atoms. The van der Waals surface area contributed by atoms with Crippen LogP contribution in [0.2, 0.25) is 0 Å². The van der Waals surface area contributed by atoms with Crippen LogP contribution in [0.25, 0.3) is 0 Å². The van der Waals surface area contributed by atoms with E-state index in [-0.39, 0.29) is 0 Å². The van der Waals surface area contributed by atoms with Gasteiger partial charge in [-0.2, -0.15) is 5.10 Å². The Hall–Kier alpha value is -4.20. The number of ether oxygens (including phenoxy) is 2. The van der Waals surface area contributed by atoms with E-state index in [9.17, 15) is 14.0 Å². The topological polar surface area (TPSA) is 89.0 Å². The zero-order valence-corrected chi connectivity index (χ0v) is 17.6. The van der Waals surface area contributed by atoms with Gasteiger partial charge in [0.2, 0.25) is 0 Å². The zero-order valence-electron chi connectivity index (χ0n) is 17.6. The van der Waals surface area contributed by atoms with E-state index >= 15 is 0 Å². The number of nitrogens with one attached hydrogen (secondary N) is 2. The molecule has 0 aromatic heterocycles. The number of hydrazone groups is 1. The van der Waals surface area contributed by atoms with Crippen molar-refractivity contribution in [2.45, 2.75) is 13.5 Å². The lowest BCUT2D eigenvalue weighted by Gasteiger charge is -2.12. The van der Waals surface area contributed by atoms with Crippen molar-refractivity contribution >= 4 is 23.7 Å². The number of aryl methyl sites for hydroxylation is 1. The molecule has 0 aliphatic heterocycles. The molecule has 3 rings (SSSR count). The quantitative estimate of drug-likeness (QED) is 0.336. The lowest BCUT2D eigenvalue weighted by molar-refractivity contribution is -0.136. The van der Waals surface area contributed by atoms with Gasteiger partial charge in [0, 0.05) is 5.69 Å². The Balaban J connectivity index is 1.57. The minimum Gasteiger partial charge on any atom is -0.493 e. The van der Waals surface area contributed by atoms with Gasteiger partial charge in [0.25, 0.3) is 0 Å². The standard InChI is InChI=1S/C24H22FN3O4/c1-16-5-3-4-6-18(16)15-32-21-12-7-17(13-22(21)31-2)14-26-28-24(30)23(29)27-20-10-8-19(25)9-11-20/h3-14H,15H2,1-2H3,(H,27,29)(H,28,30)/b26-14+. The Labute approximate surface area is 184 Å². The summed E-state index contributed by atoms with van der Waals surface area (Å²) in [6.07, 6.45) is 1.37. The molecular formula is C24H22FN3O4. The van der Waals surface area contributed by atoms with Gasteiger partial charge in [-0.3, -0.25) is 9.59 Å². The SMILES string of the molecule is COc1cc(/C=N/NC(=O)C(=O)Nc2ccc(F)cc2)ccc1OCc1ccccc1C. The number of benzene rings is 3. The average Bonchev–Trinajstić information content (AvgIpc) is 2.80. The number of anilines is 1. The number of halogens is 1. The average molecular weight is 435 g/mol. The molecule has 164 valence electrons. The van der Waals surface area contributed by atoms with Crippen LogP contribution < -0.4 is 20.2 Å². The highest BCUT2D eigenvalue weighted by molar-refractivity contribution is 6.39. The number of hydrogen-bond donors (Lipinski definition) is 2. The Morgan fingerprint density at radius 3 is 2.47 bits per heavy atom. The van der Waals surface area contributed by atoms with E-state index in [1.807, 2.05) is 31.2 Å². The number of methoxy groups -OCH3 is 1. The molecule has 3 aromatic rings. The molecule has 0 unspecified atom stereocenters. The van der Waals surface area contributed by atoms with Crippen LogP contribution in [0.5, 0.6) is 11.5 Å². The van der Waals surface area contributed by atoms with Crippen LogP contribution in [0.3, 0.4) is 0 Å². The summed E-state index contributed by atoms with van der Waals surface area (Å²) in [5.74, 6) is -1.26. The van der Waals surface area contributed by atoms with Crippen LogP contribution in [-0.2, 0) is 16.2 Å². The second-order valence-corrected chi connectivity index (χ2v) is 6.79. The highest BCUT2D eigenvalue weighted by atomic mass is 19.1. The Morgan fingerprint density at radius 2 is 1.75 bits per heavy atom. The number of amides is 2. The van der Waals surface area contributed by atoms with Gasteiger partial charge < -0.3 is 14.8 Å². The normalized spacial score (nSPS) is 10.6. The molecule has 0 atom stereocenters. The molecule has 32 heavy (non-hydrogen) atoms. The van der Waals surface area contributed by atoms with E-state index < -0.39 is 17.6 Å². The third kappa shape index (κ3) is 6.15. The van der Waals surface area contributed by atoms with Gasteiger partial charge in [-0.05, 0) is 66.1 Å². The first-order chi connectivity index (χ1) is 15.5. The van der Waals surface area contributed by atoms with Crippen molar-refractivity contribution in [1.82, 2.24) is 5.43 Å². The van der Waals surface area contributed by atoms with Crippen molar-refractivity contribution in [3.8, 4) is 11.5 Å². The van der Waals surface area contributed by atoms with Gasteiger partial charge >= 0.3 is 11.8 Å². The van der Waals surface area contributed by atoms with Crippen LogP contribution in [-0.4, -0.2) is 25.1 Å². The molecule has 3 aromatic carbocycles. The van der Waals surface area contributed by atoms with Crippen LogP contribution in [0, 0.1) is 12.7 Å². The van der Waals surface area contributed by atoms with Crippen LogP contribution in [0.1, 0.15) is 16.7 Å². The number of carbonyl (C=O) groups excluding carboxylic acids is 2. The molecule has 0 spiro atoms. The summed E-state index contributed by atoms with van der Waals surface area (Å²) in [6, 6.07) is 18.2. The molecule has 2 amide bonds. The third-order valence-electron chi connectivity index (χ3n) is 4.52. The van der Waals surface area contributed by atoms with Gasteiger partial charge in [-0.1, -0.05) is 24.3 Å². The largest absolute Gasteiger partial charge is 0.493 e. The molecule has 0 heterocycles. The lowest BCUT2D eigenvalue weighted by Crippen LogP contribution is -2.32. The first-order valence-electron chi connectivity index (χ1n) is 9.71. The van der Waals surface area contributed by atoms with Crippen molar-refractivity contribution in [2.75, 3.05) is 12.4 Å². The molecule has 0 fully saturated rings. The van der Waals surface area contributed by atoms with Crippen molar-refractivity contribution in [1.29, 1.82) is 0 Å². The summed E-state index contributed by atoms with van der Waals surface area (Å²) in [4.78, 5) is 23.7. The third-order valence-corrected chi connectivity index (χ3v) is 4.52. The van der Waals surface area contributed by atoms with E-state index in [0.29, 0.717) is 29.4 Å². The summed E-state index contributed by atoms with van der Waals surface area (Å²) in [7, 11) is 1.53. The monoisotopic (exact) mass is 435 g/mol. The number of carbonyl (C=O) groups is 2. The molecule has 0 aliphatic carbocycles. The highest BCUT2D eigenvalue weighted by Crippen LogP contribution is 2.28. The first kappa shape index (κ1) is 22.5. The Kier molecular flexibility index (Phi) is 7.53. The Bertz CT molecular complexity index is 1130. The molecule has 8 heteroatoms. The highest BCUT2D eigenvalue weighted by Gasteiger charge is 2.13. The van der Waals surface area contributed by atoms with Gasteiger partial charge in [0.05, 0.1) is 13.3 Å². The van der Waals surface area contributed by atoms with Crippen molar-refractivity contribution in [3.05, 3.63) is 89.2 Å². The van der Waals surface area contributed by atoms with E-state index in [1.54, 1.807) is 18.2 Å². The molecule has 2 N–H and O–H groups in total. The fraction of sp³-hybridized carbons (Fsp3) is 0.125. The van der Waals surface area contributed by atoms with E-state index in [4.69, 9.17) is 9.47 Å². The summed E-state index contributed by atoms with van der Waals surface area (Å²) < 4.78 is 24.2. The molecule has 0 saturated heterocycles. The van der Waals surface area contributed by atoms with Crippen molar-refractivity contribution in [3.63, 3.8) is 0 Å². The summed E-state index contributed by atoms with van der Waals surface area (Å²) >= 11 is 0. The zero-order chi connectivity index (χ0) is 22.9. The summed E-state index contributed by atoms with van der Waals surface area (Å²) in [5, 5.41) is 6.13. The van der Waals surface area contributed by atoms with Gasteiger partial charge in [-0.25, -0.2) is 9.82 Å². The summed E-state index contributed by atoms with van der Waals surface area (Å²) in [6.45, 7) is 2.42. The summed E-state index contributed by atoms with van der Waals surface area (Å²) in [5.41, 5.74) is 5.27. The van der Waals surface area contributed by atoms with E-state index in [0.717, 1.165) is 11.1 Å². The van der Waals surface area contributed by atoms with Crippen molar-refractivity contribution < 1.29 is 23.5 Å². The van der Waals surface area contributed by atoms with Crippen LogP contribution in [0.15, 0.2) is 71.8 Å². The smallest absolute Gasteiger partial charge is 0.329 e. The molecular weight excluding hydrogens is 413 g/mol. The first-order valence-corrected chi connectivity index (χ1v) is 9.71. The fourth-order valence-corrected chi connectivity index (χ4v) is 2.75. The minimum absolute atomic E-state index is 0.293. The molecule has 0 radical (unpaired) electrons. The van der Waals surface area contributed by atoms with Gasteiger partial charge in [0.1, 0.15) is 12.4 Å². The second kappa shape index (κ2) is 10.7. The van der Waals surface area contributed by atoms with E-state index in [1.165, 1.54) is 37.6 Å². The minimum atomic E-state index is -0.962. The maximum absolute atomic E-state index is 12.9. The number of hydrogen-bond acceptors (Lipinski definition) is 5. The van der Waals surface area contributed by atoms with E-state index in [2.05, 4.69) is 15.8 Å². The van der Waals surface area contributed by atoms with Gasteiger partial charge in [-0.15, -0.1) is 0 Å². The molecule has 0 saturated carbocycles.